The molecule has 3 aliphatic rings. The number of hydrogen-bond donors (Lipinski definition) is 5. The number of nitrogens with zero attached hydrogens (tertiary/aromatic N) is 2. The van der Waals surface area contributed by atoms with Gasteiger partial charge in [0.25, 0.3) is 0 Å². The lowest BCUT2D eigenvalue weighted by Crippen LogP contribution is -2.43. The third-order valence-corrected chi connectivity index (χ3v) is 17.4. The van der Waals surface area contributed by atoms with Crippen molar-refractivity contribution in [1.82, 2.24) is 15.1 Å². The Morgan fingerprint density at radius 1 is 0.476 bits per heavy atom. The number of aliphatic hydroxyl groups is 3. The fraction of sp³-hybridized carbons (Fsp3) is 0.957. The molecule has 3 rings (SSSR count). The molecule has 0 heterocycles. The molecule has 0 aromatic rings. The van der Waals surface area contributed by atoms with Crippen LogP contribution in [0.1, 0.15) is 329 Å². The van der Waals surface area contributed by atoms with E-state index in [1.165, 1.54) is 225 Å². The summed E-state index contributed by atoms with van der Waals surface area (Å²) in [5.74, 6) is 1.48. The van der Waals surface area contributed by atoms with Gasteiger partial charge in [0.1, 0.15) is 5.78 Å². The highest BCUT2D eigenvalue weighted by atomic mass is 16.5. The largest absolute Gasteiger partial charge is 0.465 e. The van der Waals surface area contributed by atoms with Crippen LogP contribution in [0.3, 0.4) is 0 Å². The summed E-state index contributed by atoms with van der Waals surface area (Å²) < 4.78 is 11.8. The van der Waals surface area contributed by atoms with Crippen molar-refractivity contribution in [2.24, 2.45) is 17.6 Å². The van der Waals surface area contributed by atoms with Crippen LogP contribution in [0.15, 0.2) is 0 Å². The Balaban J connectivity index is 0.00000257. The van der Waals surface area contributed by atoms with Crippen LogP contribution in [0, 0.1) is 11.8 Å². The molecule has 6 N–H and O–H groups in total. The van der Waals surface area contributed by atoms with Crippen LogP contribution in [0.2, 0.25) is 0 Å². The minimum absolute atomic E-state index is 0.00990. The van der Waals surface area contributed by atoms with Crippen molar-refractivity contribution in [3.05, 3.63) is 0 Å². The van der Waals surface area contributed by atoms with E-state index >= 15 is 0 Å². The van der Waals surface area contributed by atoms with Crippen molar-refractivity contribution < 1.29 is 39.2 Å². The lowest BCUT2D eigenvalue weighted by Gasteiger charge is -2.35. The maximum Gasteiger partial charge on any atom is 0.305 e. The van der Waals surface area contributed by atoms with E-state index in [4.69, 9.17) is 25.4 Å². The predicted octanol–water partition coefficient (Wildman–Crippen LogP) is 16.2. The minimum atomic E-state index is -0.00990. The lowest BCUT2D eigenvalue weighted by atomic mass is 9.94. The van der Waals surface area contributed by atoms with Gasteiger partial charge in [-0.1, -0.05) is 214 Å². The Labute approximate surface area is 507 Å². The molecule has 12 nitrogen and oxygen atoms in total. The zero-order valence-corrected chi connectivity index (χ0v) is 54.9. The van der Waals surface area contributed by atoms with E-state index in [1.807, 2.05) is 0 Å². The van der Waals surface area contributed by atoms with E-state index in [2.05, 4.69) is 42.8 Å². The van der Waals surface area contributed by atoms with Gasteiger partial charge in [0.2, 0.25) is 0 Å². The average Bonchev–Trinajstić information content (AvgIpc) is 3.51. The Hall–Kier alpha value is -1.67. The molecular formula is C70H140N4O8. The van der Waals surface area contributed by atoms with Crippen molar-refractivity contribution in [2.45, 2.75) is 342 Å². The van der Waals surface area contributed by atoms with Gasteiger partial charge in [-0.05, 0) is 115 Å². The van der Waals surface area contributed by atoms with E-state index in [1.54, 1.807) is 0 Å². The number of unbranched alkanes of at least 4 members (excludes halogenated alkanes) is 20. The predicted molar refractivity (Wildman–Crippen MR) is 348 cm³/mol. The minimum Gasteiger partial charge on any atom is -0.465 e. The molecule has 0 aliphatic heterocycles. The summed E-state index contributed by atoms with van der Waals surface area (Å²) in [4.78, 5) is 41.3. The van der Waals surface area contributed by atoms with Crippen LogP contribution in [-0.2, 0) is 23.9 Å². The van der Waals surface area contributed by atoms with Crippen LogP contribution in [-0.4, -0.2) is 134 Å². The number of esters is 2. The smallest absolute Gasteiger partial charge is 0.305 e. The molecule has 0 saturated heterocycles. The van der Waals surface area contributed by atoms with Crippen molar-refractivity contribution >= 4 is 17.7 Å². The second-order valence-corrected chi connectivity index (χ2v) is 25.0. The topological polar surface area (TPSA) is 175 Å². The molecule has 2 unspecified atom stereocenters. The third kappa shape index (κ3) is 53.8. The number of ether oxygens (including phenoxy) is 2. The molecule has 0 aromatic carbocycles. The number of carbonyl (C=O) groups excluding carboxylic acids is 3. The maximum absolute atomic E-state index is 12.8. The molecule has 0 spiro atoms. The number of carbonyl (C=O) groups is 3. The van der Waals surface area contributed by atoms with Gasteiger partial charge in [0.15, 0.2) is 0 Å². The zero-order valence-electron chi connectivity index (χ0n) is 54.9. The fourth-order valence-corrected chi connectivity index (χ4v) is 12.1. The number of aliphatic hydroxyl groups excluding tert-OH is 3. The first-order chi connectivity index (χ1) is 40.2. The zero-order chi connectivity index (χ0) is 60.0. The Morgan fingerprint density at radius 2 is 0.866 bits per heavy atom. The Kier molecular flexibility index (Phi) is 62.5. The summed E-state index contributed by atoms with van der Waals surface area (Å²) in [6.45, 7) is 16.9. The number of nitrogens with one attached hydrogen (secondary N) is 1. The van der Waals surface area contributed by atoms with Crippen molar-refractivity contribution in [3.63, 3.8) is 0 Å². The van der Waals surface area contributed by atoms with Crippen LogP contribution >= 0.6 is 0 Å². The Morgan fingerprint density at radius 3 is 1.26 bits per heavy atom. The van der Waals surface area contributed by atoms with Gasteiger partial charge in [-0.15, -0.1) is 0 Å². The second-order valence-electron chi connectivity index (χ2n) is 25.0. The fourth-order valence-electron chi connectivity index (χ4n) is 12.1. The van der Waals surface area contributed by atoms with E-state index in [0.29, 0.717) is 62.3 Å². The van der Waals surface area contributed by atoms with E-state index in [-0.39, 0.29) is 31.8 Å². The summed E-state index contributed by atoms with van der Waals surface area (Å²) >= 11 is 0. The molecule has 0 radical (unpaired) electrons. The Bertz CT molecular complexity index is 1260. The van der Waals surface area contributed by atoms with Gasteiger partial charge in [-0.3, -0.25) is 19.3 Å². The molecule has 3 fully saturated rings. The highest BCUT2D eigenvalue weighted by Gasteiger charge is 2.22. The first kappa shape index (κ1) is 80.3. The molecule has 2 atom stereocenters. The van der Waals surface area contributed by atoms with Gasteiger partial charge in [0, 0.05) is 70.5 Å². The average molecular weight is 1170 g/mol. The van der Waals surface area contributed by atoms with Crippen LogP contribution in [0.4, 0.5) is 0 Å². The van der Waals surface area contributed by atoms with Crippen molar-refractivity contribution in [1.29, 1.82) is 0 Å². The summed E-state index contributed by atoms with van der Waals surface area (Å²) in [6.07, 6.45) is 56.3. The normalized spacial score (nSPS) is 15.7. The third-order valence-electron chi connectivity index (χ3n) is 17.4. The first-order valence-corrected chi connectivity index (χ1v) is 35.8. The number of nitrogens with two attached hydrogens (primary N) is 1. The number of hydrogen-bond acceptors (Lipinski definition) is 12. The number of Topliss-reactive ketones (excluding diaryl/α,β-unsaturated/α-hetero) is 1. The second kappa shape index (κ2) is 63.8. The standard InChI is InChI=1S/C54H106N2O5.C8H17NO.C6H10O.C2H7NO/c1-5-9-13-17-19-26-36-50(34-24-15-11-7-3)48-60-53(58)40-30-22-32-42-55(44-45-56(46-47-57)52-38-28-21-29-39-52)43-33-23-31-41-54(59)61-49-51(35-25-16-12-8-4)37-27-20-18-14-10-6-2;10-7-6-9-8-4-2-1-3-5-8;7-6-4-2-1-3-5-6;3-1-2-4/h50-52,57H,5-49H2,1-4H3;8-10H,1-7H2;1-5H2;4H,1-3H2. The molecule has 0 aromatic heterocycles. The summed E-state index contributed by atoms with van der Waals surface area (Å²) in [7, 11) is 0. The van der Waals surface area contributed by atoms with Gasteiger partial charge < -0.3 is 40.7 Å². The van der Waals surface area contributed by atoms with Gasteiger partial charge in [0.05, 0.1) is 33.0 Å². The van der Waals surface area contributed by atoms with Gasteiger partial charge in [-0.25, -0.2) is 0 Å². The van der Waals surface area contributed by atoms with Gasteiger partial charge in [-0.2, -0.15) is 0 Å². The lowest BCUT2D eigenvalue weighted by molar-refractivity contribution is -0.146. The molecule has 3 saturated carbocycles. The van der Waals surface area contributed by atoms with Crippen LogP contribution in [0.5, 0.6) is 0 Å². The monoisotopic (exact) mass is 1170 g/mol. The molecule has 12 heteroatoms. The van der Waals surface area contributed by atoms with Crippen LogP contribution < -0.4 is 11.1 Å². The first-order valence-electron chi connectivity index (χ1n) is 35.8. The number of rotatable bonds is 50. The van der Waals surface area contributed by atoms with Crippen LogP contribution in [0.25, 0.3) is 0 Å². The molecule has 0 bridgehead atoms. The van der Waals surface area contributed by atoms with Crippen molar-refractivity contribution in [3.8, 4) is 0 Å². The molecule has 488 valence electrons. The number of ketones is 1. The van der Waals surface area contributed by atoms with Gasteiger partial charge >= 0.3 is 11.9 Å². The SMILES string of the molecule is CCCCCCCCC(CCCCCC)COC(=O)CCCCCN(CCCCCC(=O)OCC(CCCCCC)CCCCCCCC)CCN(CCO)C1CCCCC1.NCCO.O=C1CCCCC1.OCCNC1CCCCC1. The highest BCUT2D eigenvalue weighted by Crippen LogP contribution is 2.24. The summed E-state index contributed by atoms with van der Waals surface area (Å²) in [5.41, 5.74) is 4.78. The molecular weight excluding hydrogens is 1020 g/mol. The highest BCUT2D eigenvalue weighted by molar-refractivity contribution is 5.78. The van der Waals surface area contributed by atoms with E-state index in [0.717, 1.165) is 103 Å². The summed E-state index contributed by atoms with van der Waals surface area (Å²) in [5, 5.41) is 29.5. The maximum atomic E-state index is 12.8. The molecule has 82 heavy (non-hydrogen) atoms. The van der Waals surface area contributed by atoms with E-state index < -0.39 is 0 Å². The van der Waals surface area contributed by atoms with E-state index in [9.17, 15) is 19.5 Å². The molecule has 0 amide bonds. The summed E-state index contributed by atoms with van der Waals surface area (Å²) in [6, 6.07) is 1.30. The van der Waals surface area contributed by atoms with Crippen molar-refractivity contribution in [2.75, 3.05) is 78.8 Å². The molecule has 3 aliphatic carbocycles. The quantitative estimate of drug-likeness (QED) is 0.0288.